The molecule has 0 N–H and O–H groups in total. The Morgan fingerprint density at radius 1 is 1.16 bits per heavy atom. The van der Waals surface area contributed by atoms with Crippen LogP contribution in [-0.2, 0) is 16.1 Å². The lowest BCUT2D eigenvalue weighted by Gasteiger charge is -2.21. The zero-order valence-electron chi connectivity index (χ0n) is 17.8. The Labute approximate surface area is 196 Å². The van der Waals surface area contributed by atoms with Crippen LogP contribution in [0.1, 0.15) is 18.2 Å². The molecular weight excluding hydrogens is 468 g/mol. The van der Waals surface area contributed by atoms with Crippen molar-refractivity contribution >= 4 is 44.5 Å². The molecular formula is C25H25BrN4O2. The van der Waals surface area contributed by atoms with E-state index in [-0.39, 0.29) is 24.3 Å². The van der Waals surface area contributed by atoms with Crippen LogP contribution in [0.25, 0.3) is 11.0 Å². The summed E-state index contributed by atoms with van der Waals surface area (Å²) >= 11 is 3.48. The molecule has 6 nitrogen and oxygen atoms in total. The van der Waals surface area contributed by atoms with Crippen LogP contribution in [0.5, 0.6) is 0 Å². The molecule has 7 heteroatoms. The maximum Gasteiger partial charge on any atom is 0.243 e. The van der Waals surface area contributed by atoms with Crippen molar-refractivity contribution in [1.82, 2.24) is 14.5 Å². The van der Waals surface area contributed by atoms with Crippen molar-refractivity contribution in [1.29, 1.82) is 0 Å². The van der Waals surface area contributed by atoms with E-state index >= 15 is 0 Å². The quantitative estimate of drug-likeness (QED) is 0.434. The Hall–Kier alpha value is -3.19. The van der Waals surface area contributed by atoms with Crippen molar-refractivity contribution in [2.24, 2.45) is 0 Å². The van der Waals surface area contributed by atoms with Gasteiger partial charge < -0.3 is 14.4 Å². The van der Waals surface area contributed by atoms with Gasteiger partial charge in [0.1, 0.15) is 12.4 Å². The molecule has 0 aliphatic carbocycles. The largest absolute Gasteiger partial charge is 0.334 e. The third-order valence-electron chi connectivity index (χ3n) is 5.64. The molecule has 1 atom stereocenters. The molecule has 0 spiro atoms. The molecule has 0 bridgehead atoms. The fourth-order valence-corrected chi connectivity index (χ4v) is 4.56. The number of para-hydroxylation sites is 2. The van der Waals surface area contributed by atoms with Crippen molar-refractivity contribution in [3.05, 3.63) is 84.1 Å². The van der Waals surface area contributed by atoms with Crippen LogP contribution in [0.4, 0.5) is 5.69 Å². The van der Waals surface area contributed by atoms with Crippen LogP contribution >= 0.6 is 15.9 Å². The van der Waals surface area contributed by atoms with Crippen molar-refractivity contribution in [3.8, 4) is 0 Å². The standard InChI is InChI=1S/C25H25BrN4O2/c1-3-12-28(13-4-2)24(32)17-30-22-11-6-5-10-21(22)27-25(30)18-14-23(31)29(16-18)20-9-7-8-19(26)15-20/h3-11,15,18H,1-2,12-14,16-17H2. The number of hydrogen-bond acceptors (Lipinski definition) is 3. The second-order valence-electron chi connectivity index (χ2n) is 7.81. The molecule has 0 radical (unpaired) electrons. The van der Waals surface area contributed by atoms with E-state index in [2.05, 4.69) is 29.1 Å². The van der Waals surface area contributed by atoms with E-state index in [1.54, 1.807) is 22.0 Å². The number of halogens is 1. The number of carbonyl (C=O) groups excluding carboxylic acids is 2. The first kappa shape index (κ1) is 22.0. The fraction of sp³-hybridized carbons (Fsp3) is 0.240. The highest BCUT2D eigenvalue weighted by molar-refractivity contribution is 9.10. The van der Waals surface area contributed by atoms with Crippen molar-refractivity contribution in [2.75, 3.05) is 24.5 Å². The number of nitrogens with zero attached hydrogens (tertiary/aromatic N) is 4. The van der Waals surface area contributed by atoms with Crippen LogP contribution in [-0.4, -0.2) is 45.9 Å². The molecule has 1 aliphatic heterocycles. The minimum atomic E-state index is -0.103. The number of rotatable bonds is 8. The van der Waals surface area contributed by atoms with Crippen LogP contribution < -0.4 is 4.90 Å². The minimum absolute atomic E-state index is 0.0395. The zero-order valence-corrected chi connectivity index (χ0v) is 19.4. The molecule has 1 aliphatic rings. The van der Waals surface area contributed by atoms with Crippen LogP contribution in [0.2, 0.25) is 0 Å². The molecule has 32 heavy (non-hydrogen) atoms. The SMILES string of the molecule is C=CCN(CC=C)C(=O)Cn1c(C2CC(=O)N(c3cccc(Br)c3)C2)nc2ccccc21. The average Bonchev–Trinajstić information content (AvgIpc) is 3.34. The lowest BCUT2D eigenvalue weighted by molar-refractivity contribution is -0.130. The van der Waals surface area contributed by atoms with Gasteiger partial charge in [-0.15, -0.1) is 13.2 Å². The average molecular weight is 493 g/mol. The maximum absolute atomic E-state index is 13.1. The molecule has 4 rings (SSSR count). The number of aromatic nitrogens is 2. The van der Waals surface area contributed by atoms with E-state index < -0.39 is 0 Å². The van der Waals surface area contributed by atoms with Crippen LogP contribution in [0.3, 0.4) is 0 Å². The van der Waals surface area contributed by atoms with E-state index in [1.807, 2.05) is 53.1 Å². The lowest BCUT2D eigenvalue weighted by atomic mass is 10.1. The van der Waals surface area contributed by atoms with Gasteiger partial charge in [-0.05, 0) is 30.3 Å². The second kappa shape index (κ2) is 9.53. The van der Waals surface area contributed by atoms with E-state index in [0.717, 1.165) is 27.0 Å². The fourth-order valence-electron chi connectivity index (χ4n) is 4.17. The molecule has 1 fully saturated rings. The summed E-state index contributed by atoms with van der Waals surface area (Å²) in [5, 5.41) is 0. The Morgan fingerprint density at radius 2 is 1.91 bits per heavy atom. The van der Waals surface area contributed by atoms with Gasteiger partial charge in [0.15, 0.2) is 0 Å². The van der Waals surface area contributed by atoms with E-state index in [0.29, 0.717) is 26.1 Å². The topological polar surface area (TPSA) is 58.4 Å². The first-order valence-corrected chi connectivity index (χ1v) is 11.3. The van der Waals surface area contributed by atoms with Crippen LogP contribution in [0.15, 0.2) is 78.3 Å². The third-order valence-corrected chi connectivity index (χ3v) is 6.13. The van der Waals surface area contributed by atoms with Gasteiger partial charge in [-0.2, -0.15) is 0 Å². The number of anilines is 1. The number of imidazole rings is 1. The third kappa shape index (κ3) is 4.39. The van der Waals surface area contributed by atoms with Gasteiger partial charge in [0.25, 0.3) is 0 Å². The second-order valence-corrected chi connectivity index (χ2v) is 8.72. The molecule has 1 aromatic heterocycles. The number of hydrogen-bond donors (Lipinski definition) is 0. The summed E-state index contributed by atoms with van der Waals surface area (Å²) < 4.78 is 2.88. The number of benzene rings is 2. The monoisotopic (exact) mass is 492 g/mol. The molecule has 1 unspecified atom stereocenters. The van der Waals surface area contributed by atoms with Gasteiger partial charge in [0.2, 0.25) is 11.8 Å². The molecule has 0 saturated carbocycles. The lowest BCUT2D eigenvalue weighted by Crippen LogP contribution is -2.34. The Kier molecular flexibility index (Phi) is 6.55. The zero-order chi connectivity index (χ0) is 22.7. The maximum atomic E-state index is 13.1. The number of fused-ring (bicyclic) bond motifs is 1. The molecule has 2 aromatic carbocycles. The van der Waals surface area contributed by atoms with Crippen molar-refractivity contribution in [3.63, 3.8) is 0 Å². The van der Waals surface area contributed by atoms with Gasteiger partial charge in [-0.25, -0.2) is 4.98 Å². The highest BCUT2D eigenvalue weighted by Crippen LogP contribution is 2.34. The number of amides is 2. The highest BCUT2D eigenvalue weighted by atomic mass is 79.9. The Morgan fingerprint density at radius 3 is 2.62 bits per heavy atom. The minimum Gasteiger partial charge on any atom is -0.334 e. The van der Waals surface area contributed by atoms with Gasteiger partial charge in [0.05, 0.1) is 11.0 Å². The Balaban J connectivity index is 1.67. The highest BCUT2D eigenvalue weighted by Gasteiger charge is 2.35. The van der Waals surface area contributed by atoms with Gasteiger partial charge >= 0.3 is 0 Å². The predicted octanol–water partition coefficient (Wildman–Crippen LogP) is 4.52. The van der Waals surface area contributed by atoms with E-state index in [1.165, 1.54) is 0 Å². The van der Waals surface area contributed by atoms with Crippen molar-refractivity contribution < 1.29 is 9.59 Å². The van der Waals surface area contributed by atoms with Crippen LogP contribution in [0, 0.1) is 0 Å². The van der Waals surface area contributed by atoms with Gasteiger partial charge in [0, 0.05) is 42.1 Å². The Bertz CT molecular complexity index is 1180. The summed E-state index contributed by atoms with van der Waals surface area (Å²) in [5.74, 6) is 0.678. The molecule has 1 saturated heterocycles. The summed E-state index contributed by atoms with van der Waals surface area (Å²) in [6.45, 7) is 9.08. The first-order valence-electron chi connectivity index (χ1n) is 10.5. The summed E-state index contributed by atoms with van der Waals surface area (Å²) in [6, 6.07) is 15.5. The van der Waals surface area contributed by atoms with E-state index in [4.69, 9.17) is 4.98 Å². The van der Waals surface area contributed by atoms with E-state index in [9.17, 15) is 9.59 Å². The van der Waals surface area contributed by atoms with Crippen molar-refractivity contribution in [2.45, 2.75) is 18.9 Å². The predicted molar refractivity (Wildman–Crippen MR) is 131 cm³/mol. The number of carbonyl (C=O) groups is 2. The molecule has 2 heterocycles. The summed E-state index contributed by atoms with van der Waals surface area (Å²) in [7, 11) is 0. The van der Waals surface area contributed by atoms with Gasteiger partial charge in [-0.1, -0.05) is 46.3 Å². The summed E-state index contributed by atoms with van der Waals surface area (Å²) in [4.78, 5) is 34.3. The smallest absolute Gasteiger partial charge is 0.243 e. The first-order chi connectivity index (χ1) is 15.5. The molecule has 2 amide bonds. The molecule has 164 valence electrons. The molecule has 3 aromatic rings. The summed E-state index contributed by atoms with van der Waals surface area (Å²) in [6.07, 6.45) is 3.77. The summed E-state index contributed by atoms with van der Waals surface area (Å²) in [5.41, 5.74) is 2.57. The normalized spacial score (nSPS) is 15.8. The van der Waals surface area contributed by atoms with Gasteiger partial charge in [-0.3, -0.25) is 9.59 Å².